The third kappa shape index (κ3) is 3.65. The number of hydrogen-bond donors (Lipinski definition) is 1. The summed E-state index contributed by atoms with van der Waals surface area (Å²) in [5.41, 5.74) is 0.854. The van der Waals surface area contributed by atoms with Crippen molar-refractivity contribution >= 4 is 22.2 Å². The Bertz CT molecular complexity index is 1230. The molecule has 4 aromatic rings. The number of rotatable bonds is 5. The zero-order chi connectivity index (χ0) is 22.2. The van der Waals surface area contributed by atoms with Gasteiger partial charge in [-0.25, -0.2) is 9.37 Å². The van der Waals surface area contributed by atoms with Gasteiger partial charge in [0.25, 0.3) is 5.91 Å². The van der Waals surface area contributed by atoms with Gasteiger partial charge in [-0.1, -0.05) is 30.4 Å². The van der Waals surface area contributed by atoms with Gasteiger partial charge in [0.05, 0.1) is 17.2 Å². The monoisotopic (exact) mass is 455 g/mol. The highest BCUT2D eigenvalue weighted by Crippen LogP contribution is 2.40. The summed E-state index contributed by atoms with van der Waals surface area (Å²) in [7, 11) is 0. The van der Waals surface area contributed by atoms with Gasteiger partial charge in [-0.3, -0.25) is 9.69 Å². The Morgan fingerprint density at radius 3 is 2.59 bits per heavy atom. The molecule has 0 radical (unpaired) electrons. The molecule has 166 valence electrons. The molecule has 1 aliphatic heterocycles. The zero-order valence-electron chi connectivity index (χ0n) is 17.4. The highest BCUT2D eigenvalue weighted by molar-refractivity contribution is 7.17. The first-order chi connectivity index (χ1) is 15.5. The lowest BCUT2D eigenvalue weighted by Gasteiger charge is -2.38. The molecule has 1 atom stereocenters. The second-order valence-corrected chi connectivity index (χ2v) is 8.63. The van der Waals surface area contributed by atoms with Crippen LogP contribution >= 0.6 is 11.3 Å². The number of piperazine rings is 1. The molecule has 10 heteroatoms. The molecule has 1 aliphatic rings. The third-order valence-electron chi connectivity index (χ3n) is 5.69. The minimum atomic E-state index is -0.319. The molecule has 1 saturated heterocycles. The van der Waals surface area contributed by atoms with Crippen molar-refractivity contribution in [1.29, 1.82) is 0 Å². The fourth-order valence-electron chi connectivity index (χ4n) is 4.03. The maximum atomic E-state index is 13.6. The number of furan rings is 1. The molecule has 1 amide bonds. The summed E-state index contributed by atoms with van der Waals surface area (Å²) >= 11 is 1.37. The fraction of sp³-hybridized carbons (Fsp3) is 0.318. The van der Waals surface area contributed by atoms with Gasteiger partial charge in [-0.05, 0) is 29.8 Å². The molecule has 0 spiro atoms. The Balaban J connectivity index is 1.45. The van der Waals surface area contributed by atoms with Crippen LogP contribution in [0.15, 0.2) is 47.1 Å². The Hall–Kier alpha value is -3.24. The predicted molar refractivity (Wildman–Crippen MR) is 116 cm³/mol. The summed E-state index contributed by atoms with van der Waals surface area (Å²) in [6.07, 6.45) is 2.16. The SMILES string of the molecule is CCc1nc2sc(C(c3ccc(F)cc3)N3CCN(C(=O)c4ccco4)CC3)c(O)n2n1. The van der Waals surface area contributed by atoms with Gasteiger partial charge < -0.3 is 14.4 Å². The van der Waals surface area contributed by atoms with Gasteiger partial charge in [-0.15, -0.1) is 5.10 Å². The Morgan fingerprint density at radius 2 is 1.97 bits per heavy atom. The van der Waals surface area contributed by atoms with E-state index >= 15 is 0 Å². The van der Waals surface area contributed by atoms with E-state index in [1.54, 1.807) is 29.2 Å². The van der Waals surface area contributed by atoms with E-state index in [1.807, 2.05) is 6.92 Å². The molecule has 0 aliphatic carbocycles. The van der Waals surface area contributed by atoms with E-state index in [1.165, 1.54) is 34.2 Å². The minimum absolute atomic E-state index is 0.0422. The number of aromatic hydroxyl groups is 1. The molecule has 3 aromatic heterocycles. The number of carbonyl (C=O) groups is 1. The zero-order valence-corrected chi connectivity index (χ0v) is 18.3. The van der Waals surface area contributed by atoms with E-state index in [2.05, 4.69) is 15.0 Å². The summed E-state index contributed by atoms with van der Waals surface area (Å²) in [4.78, 5) is 22.4. The Morgan fingerprint density at radius 1 is 1.22 bits per heavy atom. The maximum Gasteiger partial charge on any atom is 0.289 e. The smallest absolute Gasteiger partial charge is 0.289 e. The van der Waals surface area contributed by atoms with Crippen LogP contribution in [0.4, 0.5) is 4.39 Å². The third-order valence-corrected chi connectivity index (χ3v) is 6.77. The van der Waals surface area contributed by atoms with Crippen LogP contribution in [-0.2, 0) is 6.42 Å². The van der Waals surface area contributed by atoms with Gasteiger partial charge in [0.15, 0.2) is 11.6 Å². The molecule has 1 fully saturated rings. The van der Waals surface area contributed by atoms with Crippen LogP contribution in [0.3, 0.4) is 0 Å². The maximum absolute atomic E-state index is 13.6. The second-order valence-electron chi connectivity index (χ2n) is 7.63. The highest BCUT2D eigenvalue weighted by atomic mass is 32.1. The lowest BCUT2D eigenvalue weighted by molar-refractivity contribution is 0.0568. The number of amides is 1. The van der Waals surface area contributed by atoms with E-state index in [4.69, 9.17) is 4.42 Å². The standard InChI is InChI=1S/C22H22FN5O3S/c1-2-17-24-22-28(25-17)21(30)19(32-22)18(14-5-7-15(23)8-6-14)26-9-11-27(12-10-26)20(29)16-4-3-13-31-16/h3-8,13,18,30H,2,9-12H2,1H3. The van der Waals surface area contributed by atoms with Crippen LogP contribution in [0.1, 0.15) is 39.8 Å². The number of nitrogens with zero attached hydrogens (tertiary/aromatic N) is 5. The average molecular weight is 456 g/mol. The summed E-state index contributed by atoms with van der Waals surface area (Å²) in [5, 5.41) is 15.3. The van der Waals surface area contributed by atoms with Crippen molar-refractivity contribution in [2.24, 2.45) is 0 Å². The molecule has 1 unspecified atom stereocenters. The fourth-order valence-corrected chi connectivity index (χ4v) is 5.17. The van der Waals surface area contributed by atoms with E-state index < -0.39 is 0 Å². The first-order valence-corrected chi connectivity index (χ1v) is 11.3. The van der Waals surface area contributed by atoms with Crippen LogP contribution in [-0.4, -0.2) is 61.6 Å². The van der Waals surface area contributed by atoms with E-state index in [-0.39, 0.29) is 23.6 Å². The number of hydrogen-bond acceptors (Lipinski definition) is 7. The quantitative estimate of drug-likeness (QED) is 0.497. The normalized spacial score (nSPS) is 16.0. The largest absolute Gasteiger partial charge is 0.492 e. The summed E-state index contributed by atoms with van der Waals surface area (Å²) in [5.74, 6) is 0.577. The molecule has 8 nitrogen and oxygen atoms in total. The van der Waals surface area contributed by atoms with Crippen molar-refractivity contribution in [3.05, 3.63) is 70.5 Å². The number of aromatic nitrogens is 3. The molecule has 32 heavy (non-hydrogen) atoms. The molecule has 1 aromatic carbocycles. The van der Waals surface area contributed by atoms with Crippen molar-refractivity contribution in [2.45, 2.75) is 19.4 Å². The molecular formula is C22H22FN5O3S. The summed E-state index contributed by atoms with van der Waals surface area (Å²) in [6, 6.07) is 9.34. The Labute approximate surface area is 187 Å². The lowest BCUT2D eigenvalue weighted by Crippen LogP contribution is -2.49. The topological polar surface area (TPSA) is 87.1 Å². The number of carbonyl (C=O) groups excluding carboxylic acids is 1. The van der Waals surface area contributed by atoms with Crippen molar-refractivity contribution < 1.29 is 18.7 Å². The second kappa shape index (κ2) is 8.36. The van der Waals surface area contributed by atoms with Crippen LogP contribution in [0, 0.1) is 5.82 Å². The van der Waals surface area contributed by atoms with Crippen molar-refractivity contribution in [3.63, 3.8) is 0 Å². The van der Waals surface area contributed by atoms with E-state index in [0.717, 1.165) is 5.56 Å². The highest BCUT2D eigenvalue weighted by Gasteiger charge is 2.33. The van der Waals surface area contributed by atoms with Gasteiger partial charge in [-0.2, -0.15) is 4.52 Å². The number of fused-ring (bicyclic) bond motifs is 1. The minimum Gasteiger partial charge on any atom is -0.492 e. The number of halogens is 1. The van der Waals surface area contributed by atoms with Gasteiger partial charge >= 0.3 is 0 Å². The first kappa shape index (κ1) is 20.7. The van der Waals surface area contributed by atoms with Crippen molar-refractivity contribution in [2.75, 3.05) is 26.2 Å². The van der Waals surface area contributed by atoms with Gasteiger partial charge in [0.1, 0.15) is 5.82 Å². The number of aryl methyl sites for hydroxylation is 1. The van der Waals surface area contributed by atoms with Crippen molar-refractivity contribution in [3.8, 4) is 5.88 Å². The summed E-state index contributed by atoms with van der Waals surface area (Å²) in [6.45, 7) is 4.16. The van der Waals surface area contributed by atoms with Crippen molar-refractivity contribution in [1.82, 2.24) is 24.4 Å². The Kier molecular flexibility index (Phi) is 5.40. The van der Waals surface area contributed by atoms with Gasteiger partial charge in [0, 0.05) is 32.6 Å². The first-order valence-electron chi connectivity index (χ1n) is 10.4. The van der Waals surface area contributed by atoms with Crippen LogP contribution in [0.5, 0.6) is 5.88 Å². The van der Waals surface area contributed by atoms with Crippen LogP contribution in [0.2, 0.25) is 0 Å². The van der Waals surface area contributed by atoms with Crippen LogP contribution < -0.4 is 0 Å². The molecule has 1 N–H and O–H groups in total. The molecule has 4 heterocycles. The number of benzene rings is 1. The molecule has 0 bridgehead atoms. The van der Waals surface area contributed by atoms with Gasteiger partial charge in [0.2, 0.25) is 10.8 Å². The van der Waals surface area contributed by atoms with E-state index in [9.17, 15) is 14.3 Å². The average Bonchev–Trinajstić information content (AvgIpc) is 3.54. The van der Waals surface area contributed by atoms with E-state index in [0.29, 0.717) is 54.0 Å². The molecule has 0 saturated carbocycles. The number of thiazole rings is 1. The predicted octanol–water partition coefficient (Wildman–Crippen LogP) is 3.34. The lowest BCUT2D eigenvalue weighted by atomic mass is 10.0. The summed E-state index contributed by atoms with van der Waals surface area (Å²) < 4.78 is 20.3. The van der Waals surface area contributed by atoms with Crippen LogP contribution in [0.25, 0.3) is 4.96 Å². The molecular weight excluding hydrogens is 433 g/mol. The molecule has 5 rings (SSSR count).